The van der Waals surface area contributed by atoms with Gasteiger partial charge in [-0.15, -0.1) is 0 Å². The van der Waals surface area contributed by atoms with E-state index in [0.29, 0.717) is 63.2 Å². The predicted molar refractivity (Wildman–Crippen MR) is 116 cm³/mol. The second kappa shape index (κ2) is 10.2. The lowest BCUT2D eigenvalue weighted by Crippen LogP contribution is -2.53. The Bertz CT molecular complexity index is 799. The van der Waals surface area contributed by atoms with Gasteiger partial charge in [0.1, 0.15) is 0 Å². The number of hydrogen-bond donors (Lipinski definition) is 2. The third-order valence-electron chi connectivity index (χ3n) is 5.88. The molecule has 3 fully saturated rings. The minimum atomic E-state index is -0.118. The molecule has 2 aliphatic heterocycles. The number of carbonyl (C=O) groups excluding carboxylic acids is 3. The molecule has 1 aromatic carbocycles. The van der Waals surface area contributed by atoms with Crippen LogP contribution in [-0.2, 0) is 14.3 Å². The lowest BCUT2D eigenvalue weighted by atomic mass is 10.2. The van der Waals surface area contributed by atoms with Gasteiger partial charge in [0.25, 0.3) is 5.91 Å². The maximum atomic E-state index is 12.5. The third kappa shape index (κ3) is 6.49. The number of piperazine rings is 1. The molecular weight excluding hydrogens is 398 g/mol. The third-order valence-corrected chi connectivity index (χ3v) is 5.88. The summed E-state index contributed by atoms with van der Waals surface area (Å²) >= 11 is 0. The monoisotopic (exact) mass is 429 g/mol. The zero-order valence-electron chi connectivity index (χ0n) is 17.8. The zero-order chi connectivity index (χ0) is 21.6. The van der Waals surface area contributed by atoms with E-state index in [4.69, 9.17) is 4.74 Å². The Balaban J connectivity index is 1.19. The van der Waals surface area contributed by atoms with Gasteiger partial charge < -0.3 is 20.3 Å². The van der Waals surface area contributed by atoms with Gasteiger partial charge in [0.05, 0.1) is 26.3 Å². The van der Waals surface area contributed by atoms with Crippen molar-refractivity contribution in [1.29, 1.82) is 0 Å². The first kappa shape index (κ1) is 21.7. The van der Waals surface area contributed by atoms with Crippen LogP contribution in [0.4, 0.5) is 5.69 Å². The van der Waals surface area contributed by atoms with Gasteiger partial charge >= 0.3 is 0 Å². The van der Waals surface area contributed by atoms with Crippen molar-refractivity contribution in [2.75, 3.05) is 70.9 Å². The molecule has 1 saturated carbocycles. The summed E-state index contributed by atoms with van der Waals surface area (Å²) in [5.41, 5.74) is 1.17. The number of nitrogens with zero attached hydrogens (tertiary/aromatic N) is 3. The van der Waals surface area contributed by atoms with Crippen LogP contribution in [0.1, 0.15) is 23.2 Å². The van der Waals surface area contributed by atoms with Crippen molar-refractivity contribution in [1.82, 2.24) is 20.0 Å². The fourth-order valence-electron chi connectivity index (χ4n) is 3.84. The maximum absolute atomic E-state index is 12.5. The van der Waals surface area contributed by atoms with Gasteiger partial charge in [0, 0.05) is 56.6 Å². The molecule has 3 amide bonds. The van der Waals surface area contributed by atoms with E-state index in [1.54, 1.807) is 24.3 Å². The van der Waals surface area contributed by atoms with E-state index >= 15 is 0 Å². The van der Waals surface area contributed by atoms with Gasteiger partial charge in [-0.1, -0.05) is 6.07 Å². The summed E-state index contributed by atoms with van der Waals surface area (Å²) in [6, 6.07) is 7.31. The zero-order valence-corrected chi connectivity index (χ0v) is 17.8. The molecule has 2 N–H and O–H groups in total. The van der Waals surface area contributed by atoms with Crippen molar-refractivity contribution in [3.05, 3.63) is 29.8 Å². The summed E-state index contributed by atoms with van der Waals surface area (Å²) in [4.78, 5) is 43.2. The number of nitrogens with one attached hydrogen (secondary N) is 2. The van der Waals surface area contributed by atoms with Crippen LogP contribution < -0.4 is 10.6 Å². The van der Waals surface area contributed by atoms with Crippen molar-refractivity contribution in [2.24, 2.45) is 0 Å². The summed E-state index contributed by atoms with van der Waals surface area (Å²) in [5, 5.41) is 5.84. The normalized spacial score (nSPS) is 20.3. The SMILES string of the molecule is O=C(CN1CCN(C(=O)CN2CCOCC2)CC1)Nc1cccc(C(=O)NC2CC2)c1. The summed E-state index contributed by atoms with van der Waals surface area (Å²) in [7, 11) is 0. The van der Waals surface area contributed by atoms with Crippen molar-refractivity contribution >= 4 is 23.4 Å². The van der Waals surface area contributed by atoms with E-state index in [9.17, 15) is 14.4 Å². The number of hydrogen-bond acceptors (Lipinski definition) is 6. The number of rotatable bonds is 7. The van der Waals surface area contributed by atoms with Crippen LogP contribution in [0.2, 0.25) is 0 Å². The molecule has 0 aromatic heterocycles. The first-order valence-corrected chi connectivity index (χ1v) is 11.1. The number of amides is 3. The van der Waals surface area contributed by atoms with E-state index in [2.05, 4.69) is 20.4 Å². The molecule has 4 rings (SSSR count). The summed E-state index contributed by atoms with van der Waals surface area (Å²) in [6.45, 7) is 6.29. The van der Waals surface area contributed by atoms with Crippen LogP contribution in [0.15, 0.2) is 24.3 Å². The van der Waals surface area contributed by atoms with Crippen LogP contribution in [0.25, 0.3) is 0 Å². The second-order valence-corrected chi connectivity index (χ2v) is 8.42. The molecule has 0 spiro atoms. The minimum Gasteiger partial charge on any atom is -0.379 e. The van der Waals surface area contributed by atoms with Gasteiger partial charge in [-0.2, -0.15) is 0 Å². The molecule has 0 radical (unpaired) electrons. The average Bonchev–Trinajstić information content (AvgIpc) is 3.59. The molecule has 0 atom stereocenters. The largest absolute Gasteiger partial charge is 0.379 e. The van der Waals surface area contributed by atoms with Gasteiger partial charge in [0.15, 0.2) is 0 Å². The minimum absolute atomic E-state index is 0.100. The number of carbonyl (C=O) groups is 3. The molecule has 3 aliphatic rings. The highest BCUT2D eigenvalue weighted by Gasteiger charge is 2.25. The Morgan fingerprint density at radius 2 is 1.65 bits per heavy atom. The fraction of sp³-hybridized carbons (Fsp3) is 0.591. The highest BCUT2D eigenvalue weighted by Crippen LogP contribution is 2.20. The van der Waals surface area contributed by atoms with Crippen LogP contribution in [-0.4, -0.2) is 104 Å². The highest BCUT2D eigenvalue weighted by atomic mass is 16.5. The number of benzene rings is 1. The fourth-order valence-corrected chi connectivity index (χ4v) is 3.84. The maximum Gasteiger partial charge on any atom is 0.251 e. The Labute approximate surface area is 182 Å². The highest BCUT2D eigenvalue weighted by molar-refractivity contribution is 5.97. The molecule has 168 valence electrons. The quantitative estimate of drug-likeness (QED) is 0.634. The molecule has 2 heterocycles. The van der Waals surface area contributed by atoms with Crippen LogP contribution >= 0.6 is 0 Å². The molecule has 31 heavy (non-hydrogen) atoms. The van der Waals surface area contributed by atoms with Crippen LogP contribution in [0.3, 0.4) is 0 Å². The van der Waals surface area contributed by atoms with E-state index in [1.807, 2.05) is 4.90 Å². The first-order valence-electron chi connectivity index (χ1n) is 11.1. The van der Waals surface area contributed by atoms with Crippen molar-refractivity contribution < 1.29 is 19.1 Å². The summed E-state index contributed by atoms with van der Waals surface area (Å²) in [6.07, 6.45) is 2.07. The second-order valence-electron chi connectivity index (χ2n) is 8.42. The lowest BCUT2D eigenvalue weighted by Gasteiger charge is -2.36. The Morgan fingerprint density at radius 1 is 0.935 bits per heavy atom. The Hall–Kier alpha value is -2.49. The standard InChI is InChI=1S/C22H31N5O4/c28-20(23-19-3-1-2-17(14-19)22(30)24-18-4-5-18)15-25-6-8-27(9-7-25)21(29)16-26-10-12-31-13-11-26/h1-3,14,18H,4-13,15-16H2,(H,23,28)(H,24,30). The number of ether oxygens (including phenoxy) is 1. The lowest BCUT2D eigenvalue weighted by molar-refractivity contribution is -0.135. The van der Waals surface area contributed by atoms with Gasteiger partial charge in [-0.05, 0) is 31.0 Å². The number of anilines is 1. The molecule has 9 heteroatoms. The topological polar surface area (TPSA) is 94.2 Å². The molecular formula is C22H31N5O4. The number of morpholine rings is 1. The molecule has 2 saturated heterocycles. The van der Waals surface area contributed by atoms with E-state index in [0.717, 1.165) is 25.9 Å². The van der Waals surface area contributed by atoms with Crippen molar-refractivity contribution in [2.45, 2.75) is 18.9 Å². The van der Waals surface area contributed by atoms with Crippen LogP contribution in [0.5, 0.6) is 0 Å². The molecule has 0 unspecified atom stereocenters. The Kier molecular flexibility index (Phi) is 7.16. The van der Waals surface area contributed by atoms with E-state index in [1.165, 1.54) is 0 Å². The first-order chi connectivity index (χ1) is 15.1. The summed E-state index contributed by atoms with van der Waals surface area (Å²) < 4.78 is 5.33. The van der Waals surface area contributed by atoms with Gasteiger partial charge in [-0.3, -0.25) is 24.2 Å². The van der Waals surface area contributed by atoms with Crippen LogP contribution in [0, 0.1) is 0 Å². The molecule has 0 bridgehead atoms. The van der Waals surface area contributed by atoms with Gasteiger partial charge in [0.2, 0.25) is 11.8 Å². The predicted octanol–water partition coefficient (Wildman–Crippen LogP) is -0.00630. The Morgan fingerprint density at radius 3 is 2.35 bits per heavy atom. The molecule has 1 aliphatic carbocycles. The van der Waals surface area contributed by atoms with E-state index < -0.39 is 0 Å². The average molecular weight is 430 g/mol. The molecule has 1 aromatic rings. The van der Waals surface area contributed by atoms with Crippen molar-refractivity contribution in [3.63, 3.8) is 0 Å². The molecule has 9 nitrogen and oxygen atoms in total. The van der Waals surface area contributed by atoms with Crippen molar-refractivity contribution in [3.8, 4) is 0 Å². The smallest absolute Gasteiger partial charge is 0.251 e. The van der Waals surface area contributed by atoms with Gasteiger partial charge in [-0.25, -0.2) is 0 Å². The van der Waals surface area contributed by atoms with E-state index in [-0.39, 0.29) is 24.3 Å². The summed E-state index contributed by atoms with van der Waals surface area (Å²) in [5.74, 6) is -0.0726.